The zero-order valence-electron chi connectivity index (χ0n) is 12.5. The van der Waals surface area contributed by atoms with E-state index >= 15 is 0 Å². The van der Waals surface area contributed by atoms with Crippen molar-refractivity contribution in [3.05, 3.63) is 0 Å². The van der Waals surface area contributed by atoms with Crippen molar-refractivity contribution in [2.45, 2.75) is 84.0 Å². The molecule has 2 N–H and O–H groups in total. The predicted molar refractivity (Wildman–Crippen MR) is 79.7 cm³/mol. The lowest BCUT2D eigenvalue weighted by molar-refractivity contribution is 0.182. The molecule has 0 rings (SSSR count). The Labute approximate surface area is 118 Å². The molecule has 5 heteroatoms. The van der Waals surface area contributed by atoms with E-state index in [2.05, 4.69) is 11.6 Å². The van der Waals surface area contributed by atoms with E-state index in [1.54, 1.807) is 0 Å². The first-order valence-corrected chi connectivity index (χ1v) is 7.75. The van der Waals surface area contributed by atoms with Gasteiger partial charge in [-0.15, -0.1) is 0 Å². The molecular formula is C14H32BFO3. The van der Waals surface area contributed by atoms with Gasteiger partial charge in [-0.3, -0.25) is 4.70 Å². The number of unbranched alkanes of at least 4 members (excludes halogenated alkanes) is 11. The van der Waals surface area contributed by atoms with Crippen LogP contribution in [0.15, 0.2) is 0 Å². The minimum absolute atomic E-state index is 0. The van der Waals surface area contributed by atoms with Crippen molar-refractivity contribution in [2.75, 3.05) is 6.61 Å². The average molecular weight is 278 g/mol. The van der Waals surface area contributed by atoms with Gasteiger partial charge in [0.05, 0.1) is 0 Å². The summed E-state index contributed by atoms with van der Waals surface area (Å²) in [6.45, 7) is 2.71. The van der Waals surface area contributed by atoms with Crippen LogP contribution in [0.1, 0.15) is 84.0 Å². The van der Waals surface area contributed by atoms with Gasteiger partial charge in [0.15, 0.2) is 0 Å². The summed E-state index contributed by atoms with van der Waals surface area (Å²) >= 11 is 0. The number of rotatable bonds is 14. The van der Waals surface area contributed by atoms with Crippen molar-refractivity contribution in [3.63, 3.8) is 0 Å². The highest BCUT2D eigenvalue weighted by Crippen LogP contribution is 2.11. The molecule has 0 radical (unpaired) electrons. The molecule has 0 amide bonds. The Bertz CT molecular complexity index is 160. The summed E-state index contributed by atoms with van der Waals surface area (Å²) in [6.07, 6.45) is 15.7. The van der Waals surface area contributed by atoms with Gasteiger partial charge in [-0.1, -0.05) is 77.6 Å². The molecule has 0 aliphatic rings. The van der Waals surface area contributed by atoms with Gasteiger partial charge in [-0.25, -0.2) is 0 Å². The van der Waals surface area contributed by atoms with Crippen molar-refractivity contribution in [2.24, 2.45) is 0 Å². The molecule has 3 nitrogen and oxygen atoms in total. The number of halogens is 1. The fourth-order valence-corrected chi connectivity index (χ4v) is 2.13. The molecule has 0 aromatic carbocycles. The smallest absolute Gasteiger partial charge is 0.402 e. The fourth-order valence-electron chi connectivity index (χ4n) is 2.13. The molecule has 0 saturated carbocycles. The van der Waals surface area contributed by atoms with E-state index in [9.17, 15) is 0 Å². The zero-order chi connectivity index (χ0) is 13.5. The highest BCUT2D eigenvalue weighted by molar-refractivity contribution is 6.32. The Balaban J connectivity index is 0. The maximum atomic E-state index is 8.46. The van der Waals surface area contributed by atoms with E-state index < -0.39 is 7.32 Å². The van der Waals surface area contributed by atoms with E-state index in [0.29, 0.717) is 6.61 Å². The Morgan fingerprint density at radius 3 is 1.42 bits per heavy atom. The lowest BCUT2D eigenvalue weighted by Gasteiger charge is -2.03. The lowest BCUT2D eigenvalue weighted by Crippen LogP contribution is -2.17. The van der Waals surface area contributed by atoms with E-state index in [-0.39, 0.29) is 4.70 Å². The Kier molecular flexibility index (Phi) is 19.9. The second-order valence-corrected chi connectivity index (χ2v) is 5.09. The molecule has 0 aliphatic heterocycles. The largest absolute Gasteiger partial charge is 0.633 e. The lowest BCUT2D eigenvalue weighted by atomic mass is 10.1. The third-order valence-corrected chi connectivity index (χ3v) is 3.26. The molecule has 0 bridgehead atoms. The quantitative estimate of drug-likeness (QED) is 0.375. The van der Waals surface area contributed by atoms with Crippen LogP contribution in [0.5, 0.6) is 0 Å². The van der Waals surface area contributed by atoms with E-state index in [0.717, 1.165) is 12.8 Å². The van der Waals surface area contributed by atoms with Crippen LogP contribution in [0, 0.1) is 0 Å². The van der Waals surface area contributed by atoms with Crippen LogP contribution in [0.3, 0.4) is 0 Å². The minimum Gasteiger partial charge on any atom is -0.402 e. The highest BCUT2D eigenvalue weighted by atomic mass is 19.0. The molecule has 0 aromatic heterocycles. The SMILES string of the molecule is CCCCCCCCCCCCCCOB(O)O.F. The van der Waals surface area contributed by atoms with Crippen molar-refractivity contribution < 1.29 is 19.4 Å². The van der Waals surface area contributed by atoms with Crippen LogP contribution < -0.4 is 0 Å². The van der Waals surface area contributed by atoms with Gasteiger partial charge in [0, 0.05) is 6.61 Å². The summed E-state index contributed by atoms with van der Waals surface area (Å²) < 4.78 is 4.64. The molecule has 0 unspecified atom stereocenters. The van der Waals surface area contributed by atoms with Crippen LogP contribution in [-0.2, 0) is 4.65 Å². The summed E-state index contributed by atoms with van der Waals surface area (Å²) in [4.78, 5) is 0. The first-order chi connectivity index (χ1) is 8.77. The van der Waals surface area contributed by atoms with Crippen molar-refractivity contribution in [1.82, 2.24) is 0 Å². The number of hydrogen-bond acceptors (Lipinski definition) is 3. The monoisotopic (exact) mass is 278 g/mol. The second-order valence-electron chi connectivity index (χ2n) is 5.09. The molecule has 0 aliphatic carbocycles. The van der Waals surface area contributed by atoms with Crippen molar-refractivity contribution in [3.8, 4) is 0 Å². The van der Waals surface area contributed by atoms with Crippen LogP contribution in [0.25, 0.3) is 0 Å². The molecule has 0 heterocycles. The molecule has 0 atom stereocenters. The zero-order valence-corrected chi connectivity index (χ0v) is 12.5. The normalized spacial score (nSPS) is 10.3. The molecule has 0 saturated heterocycles. The van der Waals surface area contributed by atoms with Crippen LogP contribution in [-0.4, -0.2) is 24.0 Å². The Hall–Kier alpha value is -0.125. The summed E-state index contributed by atoms with van der Waals surface area (Å²) in [7, 11) is -1.60. The maximum Gasteiger partial charge on any atom is 0.633 e. The van der Waals surface area contributed by atoms with Gasteiger partial charge < -0.3 is 14.7 Å². The summed E-state index contributed by atoms with van der Waals surface area (Å²) in [5.74, 6) is 0. The van der Waals surface area contributed by atoms with Gasteiger partial charge >= 0.3 is 7.32 Å². The van der Waals surface area contributed by atoms with Crippen molar-refractivity contribution >= 4 is 7.32 Å². The highest BCUT2D eigenvalue weighted by Gasteiger charge is 2.06. The van der Waals surface area contributed by atoms with E-state index in [4.69, 9.17) is 10.0 Å². The van der Waals surface area contributed by atoms with Gasteiger partial charge in [0.1, 0.15) is 0 Å². The Morgan fingerprint density at radius 1 is 0.684 bits per heavy atom. The van der Waals surface area contributed by atoms with Gasteiger partial charge in [0.25, 0.3) is 0 Å². The minimum atomic E-state index is -1.60. The van der Waals surface area contributed by atoms with E-state index in [1.165, 1.54) is 64.2 Å². The molecule has 0 fully saturated rings. The van der Waals surface area contributed by atoms with Crippen LogP contribution >= 0.6 is 0 Å². The van der Waals surface area contributed by atoms with Crippen LogP contribution in [0.2, 0.25) is 0 Å². The van der Waals surface area contributed by atoms with Crippen molar-refractivity contribution in [1.29, 1.82) is 0 Å². The standard InChI is InChI=1S/C14H31BO3.FH/c1-2-3-4-5-6-7-8-9-10-11-12-13-14-18-15(16)17;/h16-17H,2-14H2,1H3;1H. The third-order valence-electron chi connectivity index (χ3n) is 3.26. The summed E-state index contributed by atoms with van der Waals surface area (Å²) in [6, 6.07) is 0. The summed E-state index contributed by atoms with van der Waals surface area (Å²) in [5, 5.41) is 16.9. The molecule has 0 aromatic rings. The predicted octanol–water partition coefficient (Wildman–Crippen LogP) is 3.83. The molecule has 19 heavy (non-hydrogen) atoms. The fraction of sp³-hybridized carbons (Fsp3) is 1.00. The average Bonchev–Trinajstić information content (AvgIpc) is 2.34. The Morgan fingerprint density at radius 2 is 1.05 bits per heavy atom. The molecule has 116 valence electrons. The van der Waals surface area contributed by atoms with Gasteiger partial charge in [-0.2, -0.15) is 0 Å². The number of hydrogen-bond donors (Lipinski definition) is 2. The topological polar surface area (TPSA) is 49.7 Å². The van der Waals surface area contributed by atoms with Gasteiger partial charge in [0.2, 0.25) is 0 Å². The molecular weight excluding hydrogens is 246 g/mol. The first-order valence-electron chi connectivity index (χ1n) is 7.75. The first kappa shape index (κ1) is 21.2. The van der Waals surface area contributed by atoms with Gasteiger partial charge in [-0.05, 0) is 6.42 Å². The second kappa shape index (κ2) is 17.9. The third kappa shape index (κ3) is 20.4. The summed E-state index contributed by atoms with van der Waals surface area (Å²) in [5.41, 5.74) is 0. The maximum absolute atomic E-state index is 8.46. The molecule has 0 spiro atoms. The van der Waals surface area contributed by atoms with Crippen LogP contribution in [0.4, 0.5) is 4.70 Å². The van der Waals surface area contributed by atoms with E-state index in [1.807, 2.05) is 0 Å².